The first kappa shape index (κ1) is 6.06. The van der Waals surface area contributed by atoms with Crippen molar-refractivity contribution in [2.24, 2.45) is 11.8 Å². The minimum Gasteiger partial charge on any atom is -0.247 e. The molecule has 0 unspecified atom stereocenters. The molecule has 0 aliphatic heterocycles. The van der Waals surface area contributed by atoms with Crippen LogP contribution in [0.3, 0.4) is 0 Å². The van der Waals surface area contributed by atoms with Crippen molar-refractivity contribution < 1.29 is 4.39 Å². The maximum atomic E-state index is 12.4. The molecule has 0 aromatic carbocycles. The maximum Gasteiger partial charge on any atom is 0.103 e. The lowest BCUT2D eigenvalue weighted by molar-refractivity contribution is 0.0749. The summed E-state index contributed by atoms with van der Waals surface area (Å²) in [5.74, 6) is 0.939. The molecule has 2 atom stereocenters. The fourth-order valence-corrected chi connectivity index (χ4v) is 1.24. The molecule has 0 nitrogen and oxygen atoms in total. The van der Waals surface area contributed by atoms with Gasteiger partial charge in [0.2, 0.25) is 0 Å². The van der Waals surface area contributed by atoms with Gasteiger partial charge in [-0.15, -0.1) is 0 Å². The molecular formula is C7H13F. The highest BCUT2D eigenvalue weighted by Crippen LogP contribution is 2.35. The van der Waals surface area contributed by atoms with E-state index < -0.39 is 6.17 Å². The fourth-order valence-electron chi connectivity index (χ4n) is 1.24. The first-order valence-electron chi connectivity index (χ1n) is 3.36. The molecule has 0 radical (unpaired) electrons. The molecule has 1 rings (SSSR count). The number of rotatable bonds is 1. The Morgan fingerprint density at radius 2 is 2.00 bits per heavy atom. The highest BCUT2D eigenvalue weighted by atomic mass is 19.1. The molecule has 0 aromatic rings. The van der Waals surface area contributed by atoms with Crippen LogP contribution in [-0.4, -0.2) is 6.17 Å². The Balaban J connectivity index is 2.26. The monoisotopic (exact) mass is 116 g/mol. The zero-order valence-electron chi connectivity index (χ0n) is 5.52. The van der Waals surface area contributed by atoms with E-state index in [1.165, 1.54) is 0 Å². The van der Waals surface area contributed by atoms with Crippen molar-refractivity contribution in [2.45, 2.75) is 32.9 Å². The third kappa shape index (κ3) is 0.862. The van der Waals surface area contributed by atoms with E-state index in [-0.39, 0.29) is 0 Å². The molecule has 0 aromatic heterocycles. The molecule has 0 spiro atoms. The summed E-state index contributed by atoms with van der Waals surface area (Å²) >= 11 is 0. The molecular weight excluding hydrogens is 103 g/mol. The van der Waals surface area contributed by atoms with Crippen LogP contribution in [0.25, 0.3) is 0 Å². The van der Waals surface area contributed by atoms with Crippen LogP contribution in [0.5, 0.6) is 0 Å². The van der Waals surface area contributed by atoms with Gasteiger partial charge in [0.15, 0.2) is 0 Å². The molecule has 1 aliphatic rings. The van der Waals surface area contributed by atoms with Gasteiger partial charge in [-0.25, -0.2) is 4.39 Å². The van der Waals surface area contributed by atoms with Gasteiger partial charge in [-0.2, -0.15) is 0 Å². The Morgan fingerprint density at radius 3 is 2.00 bits per heavy atom. The predicted molar refractivity (Wildman–Crippen MR) is 32.5 cm³/mol. The Bertz CT molecular complexity index is 73.7. The third-order valence-corrected chi connectivity index (χ3v) is 2.10. The van der Waals surface area contributed by atoms with Gasteiger partial charge in [0.05, 0.1) is 0 Å². The highest BCUT2D eigenvalue weighted by molar-refractivity contribution is 4.82. The van der Waals surface area contributed by atoms with E-state index in [4.69, 9.17) is 0 Å². The maximum absolute atomic E-state index is 12.4. The van der Waals surface area contributed by atoms with Crippen LogP contribution >= 0.6 is 0 Å². The quantitative estimate of drug-likeness (QED) is 0.493. The summed E-state index contributed by atoms with van der Waals surface area (Å²) in [6.07, 6.45) is 1.44. The van der Waals surface area contributed by atoms with Gasteiger partial charge in [0.1, 0.15) is 6.17 Å². The predicted octanol–water partition coefficient (Wildman–Crippen LogP) is 2.39. The van der Waals surface area contributed by atoms with Gasteiger partial charge in [-0.05, 0) is 24.7 Å². The van der Waals surface area contributed by atoms with E-state index in [0.29, 0.717) is 11.8 Å². The Morgan fingerprint density at radius 1 is 1.38 bits per heavy atom. The van der Waals surface area contributed by atoms with E-state index in [1.54, 1.807) is 0 Å². The average molecular weight is 116 g/mol. The van der Waals surface area contributed by atoms with Crippen molar-refractivity contribution in [3.8, 4) is 0 Å². The van der Waals surface area contributed by atoms with E-state index >= 15 is 0 Å². The summed E-state index contributed by atoms with van der Waals surface area (Å²) < 4.78 is 12.4. The molecule has 1 aliphatic carbocycles. The van der Waals surface area contributed by atoms with Crippen LogP contribution in [0.15, 0.2) is 0 Å². The Hall–Kier alpha value is -0.0700. The van der Waals surface area contributed by atoms with Gasteiger partial charge in [-0.3, -0.25) is 0 Å². The second kappa shape index (κ2) is 2.04. The zero-order chi connectivity index (χ0) is 6.15. The van der Waals surface area contributed by atoms with E-state index in [0.717, 1.165) is 12.8 Å². The lowest BCUT2D eigenvalue weighted by Gasteiger charge is -2.33. The fraction of sp³-hybridized carbons (Fsp3) is 1.00. The molecule has 1 heteroatoms. The van der Waals surface area contributed by atoms with Crippen molar-refractivity contribution in [2.75, 3.05) is 0 Å². The SMILES string of the molecule is CC(C)[C@@H]1CC[C@H]1F. The van der Waals surface area contributed by atoms with E-state index in [1.807, 2.05) is 0 Å². The normalized spacial score (nSPS) is 37.5. The van der Waals surface area contributed by atoms with Crippen molar-refractivity contribution in [1.29, 1.82) is 0 Å². The van der Waals surface area contributed by atoms with Gasteiger partial charge in [-0.1, -0.05) is 13.8 Å². The summed E-state index contributed by atoms with van der Waals surface area (Å²) in [5, 5.41) is 0. The first-order valence-corrected chi connectivity index (χ1v) is 3.36. The molecule has 0 heterocycles. The third-order valence-electron chi connectivity index (χ3n) is 2.10. The van der Waals surface area contributed by atoms with Crippen LogP contribution in [0.4, 0.5) is 4.39 Å². The van der Waals surface area contributed by atoms with Gasteiger partial charge < -0.3 is 0 Å². The molecule has 0 bridgehead atoms. The van der Waals surface area contributed by atoms with Crippen molar-refractivity contribution >= 4 is 0 Å². The molecule has 48 valence electrons. The molecule has 1 saturated carbocycles. The topological polar surface area (TPSA) is 0 Å². The first-order chi connectivity index (χ1) is 3.72. The van der Waals surface area contributed by atoms with Gasteiger partial charge in [0.25, 0.3) is 0 Å². The lowest BCUT2D eigenvalue weighted by atomic mass is 9.76. The smallest absolute Gasteiger partial charge is 0.103 e. The van der Waals surface area contributed by atoms with Crippen LogP contribution in [0.2, 0.25) is 0 Å². The van der Waals surface area contributed by atoms with Crippen molar-refractivity contribution in [1.82, 2.24) is 0 Å². The summed E-state index contributed by atoms with van der Waals surface area (Å²) in [4.78, 5) is 0. The van der Waals surface area contributed by atoms with Crippen LogP contribution in [0.1, 0.15) is 26.7 Å². The highest BCUT2D eigenvalue weighted by Gasteiger charge is 2.32. The summed E-state index contributed by atoms with van der Waals surface area (Å²) in [7, 11) is 0. The summed E-state index contributed by atoms with van der Waals surface area (Å²) in [6, 6.07) is 0. The molecule has 0 saturated heterocycles. The minimum atomic E-state index is -0.477. The average Bonchev–Trinajstić information content (AvgIpc) is 1.61. The molecule has 1 fully saturated rings. The Labute approximate surface area is 50.1 Å². The van der Waals surface area contributed by atoms with E-state index in [9.17, 15) is 4.39 Å². The second-order valence-electron chi connectivity index (χ2n) is 3.00. The number of halogens is 1. The molecule has 8 heavy (non-hydrogen) atoms. The van der Waals surface area contributed by atoms with Crippen LogP contribution < -0.4 is 0 Å². The van der Waals surface area contributed by atoms with Gasteiger partial charge in [0, 0.05) is 0 Å². The minimum absolute atomic E-state index is 0.384. The molecule has 0 N–H and O–H groups in total. The number of hydrogen-bond acceptors (Lipinski definition) is 0. The van der Waals surface area contributed by atoms with Crippen LogP contribution in [-0.2, 0) is 0 Å². The van der Waals surface area contributed by atoms with Crippen molar-refractivity contribution in [3.05, 3.63) is 0 Å². The second-order valence-corrected chi connectivity index (χ2v) is 3.00. The molecule has 0 amide bonds. The van der Waals surface area contributed by atoms with Crippen molar-refractivity contribution in [3.63, 3.8) is 0 Å². The lowest BCUT2D eigenvalue weighted by Crippen LogP contribution is -2.31. The van der Waals surface area contributed by atoms with Crippen LogP contribution in [0, 0.1) is 11.8 Å². The van der Waals surface area contributed by atoms with Gasteiger partial charge >= 0.3 is 0 Å². The summed E-state index contributed by atoms with van der Waals surface area (Å²) in [5.41, 5.74) is 0. The number of alkyl halides is 1. The zero-order valence-corrected chi connectivity index (χ0v) is 5.52. The largest absolute Gasteiger partial charge is 0.247 e. The number of hydrogen-bond donors (Lipinski definition) is 0. The van der Waals surface area contributed by atoms with E-state index in [2.05, 4.69) is 13.8 Å². The Kier molecular flexibility index (Phi) is 1.54. The standard InChI is InChI=1S/C7H13F/c1-5(2)6-3-4-7(6)8/h5-7H,3-4H2,1-2H3/t6-,7+/m0/s1. The summed E-state index contributed by atoms with van der Waals surface area (Å²) in [6.45, 7) is 4.19.